The van der Waals surface area contributed by atoms with E-state index in [0.717, 1.165) is 18.4 Å². The van der Waals surface area contributed by atoms with Crippen molar-refractivity contribution in [2.24, 2.45) is 0 Å². The number of anilines is 1. The van der Waals surface area contributed by atoms with Gasteiger partial charge in [0.1, 0.15) is 5.75 Å². The van der Waals surface area contributed by atoms with Crippen molar-refractivity contribution in [1.29, 1.82) is 0 Å². The molecule has 0 saturated carbocycles. The molecule has 1 aromatic carbocycles. The molecule has 1 unspecified atom stereocenters. The van der Waals surface area contributed by atoms with Crippen LogP contribution >= 0.6 is 11.6 Å². The van der Waals surface area contributed by atoms with Crippen LogP contribution in [-0.4, -0.2) is 16.5 Å². The summed E-state index contributed by atoms with van der Waals surface area (Å²) in [6, 6.07) is 8.32. The first-order valence-corrected chi connectivity index (χ1v) is 7.31. The van der Waals surface area contributed by atoms with Crippen LogP contribution in [0.1, 0.15) is 24.4 Å². The summed E-state index contributed by atoms with van der Waals surface area (Å²) in [5, 5.41) is 14.9. The standard InChI is InChI=1S/C15H14ClN3O3/c16-10-5-6-11-12(3-2-8-22-14(11)9-10)18-15-13(19(20)21)4-1-7-17-15/h1,4-7,9,12H,2-3,8H2,(H,17,18). The number of rotatable bonds is 3. The third-order valence-corrected chi connectivity index (χ3v) is 3.77. The maximum absolute atomic E-state index is 11.1. The largest absolute Gasteiger partial charge is 0.493 e. The van der Waals surface area contributed by atoms with E-state index in [0.29, 0.717) is 17.4 Å². The van der Waals surface area contributed by atoms with Gasteiger partial charge in [0.15, 0.2) is 0 Å². The van der Waals surface area contributed by atoms with Gasteiger partial charge in [-0.1, -0.05) is 17.7 Å². The smallest absolute Gasteiger partial charge is 0.311 e. The van der Waals surface area contributed by atoms with Gasteiger partial charge in [-0.25, -0.2) is 4.98 Å². The summed E-state index contributed by atoms with van der Waals surface area (Å²) in [5.41, 5.74) is 0.894. The molecule has 0 amide bonds. The van der Waals surface area contributed by atoms with Crippen LogP contribution in [0.15, 0.2) is 36.5 Å². The Morgan fingerprint density at radius 2 is 2.27 bits per heavy atom. The summed E-state index contributed by atoms with van der Waals surface area (Å²) in [4.78, 5) is 14.8. The zero-order valence-electron chi connectivity index (χ0n) is 11.7. The van der Waals surface area contributed by atoms with Crippen molar-refractivity contribution in [3.05, 3.63) is 57.2 Å². The van der Waals surface area contributed by atoms with Crippen LogP contribution in [0.4, 0.5) is 11.5 Å². The van der Waals surface area contributed by atoms with Gasteiger partial charge in [0.2, 0.25) is 5.82 Å². The van der Waals surface area contributed by atoms with E-state index in [9.17, 15) is 10.1 Å². The van der Waals surface area contributed by atoms with Crippen LogP contribution in [0.5, 0.6) is 5.75 Å². The number of hydrogen-bond donors (Lipinski definition) is 1. The van der Waals surface area contributed by atoms with E-state index in [1.165, 1.54) is 12.3 Å². The summed E-state index contributed by atoms with van der Waals surface area (Å²) in [7, 11) is 0. The molecule has 1 aliphatic heterocycles. The van der Waals surface area contributed by atoms with E-state index in [1.54, 1.807) is 18.2 Å². The quantitative estimate of drug-likeness (QED) is 0.684. The number of halogens is 1. The molecule has 1 aliphatic rings. The van der Waals surface area contributed by atoms with E-state index in [4.69, 9.17) is 16.3 Å². The van der Waals surface area contributed by atoms with Gasteiger partial charge in [-0.05, 0) is 31.0 Å². The van der Waals surface area contributed by atoms with Crippen molar-refractivity contribution >= 4 is 23.1 Å². The molecule has 2 heterocycles. The number of hydrogen-bond acceptors (Lipinski definition) is 5. The molecular weight excluding hydrogens is 306 g/mol. The molecule has 22 heavy (non-hydrogen) atoms. The fourth-order valence-corrected chi connectivity index (χ4v) is 2.68. The Bertz CT molecular complexity index is 708. The van der Waals surface area contributed by atoms with Gasteiger partial charge in [-0.3, -0.25) is 10.1 Å². The van der Waals surface area contributed by atoms with Gasteiger partial charge in [-0.15, -0.1) is 0 Å². The van der Waals surface area contributed by atoms with Crippen LogP contribution < -0.4 is 10.1 Å². The van der Waals surface area contributed by atoms with Crippen molar-refractivity contribution in [3.63, 3.8) is 0 Å². The number of aromatic nitrogens is 1. The van der Waals surface area contributed by atoms with E-state index in [1.807, 2.05) is 6.07 Å². The molecule has 1 atom stereocenters. The zero-order chi connectivity index (χ0) is 15.5. The Balaban J connectivity index is 1.95. The Kier molecular flexibility index (Phi) is 4.11. The highest BCUT2D eigenvalue weighted by Gasteiger charge is 2.23. The summed E-state index contributed by atoms with van der Waals surface area (Å²) in [6.07, 6.45) is 3.16. The van der Waals surface area contributed by atoms with Crippen LogP contribution in [-0.2, 0) is 0 Å². The highest BCUT2D eigenvalue weighted by molar-refractivity contribution is 6.30. The normalized spacial score (nSPS) is 17.0. The lowest BCUT2D eigenvalue weighted by atomic mass is 10.0. The fraction of sp³-hybridized carbons (Fsp3) is 0.267. The van der Waals surface area contributed by atoms with Crippen LogP contribution in [0.25, 0.3) is 0 Å². The van der Waals surface area contributed by atoms with Crippen molar-refractivity contribution < 1.29 is 9.66 Å². The van der Waals surface area contributed by atoms with Gasteiger partial charge < -0.3 is 10.1 Å². The van der Waals surface area contributed by atoms with E-state index >= 15 is 0 Å². The molecule has 3 rings (SSSR count). The first-order chi connectivity index (χ1) is 10.6. The van der Waals surface area contributed by atoms with Gasteiger partial charge in [0.05, 0.1) is 17.6 Å². The Hall–Kier alpha value is -2.34. The highest BCUT2D eigenvalue weighted by Crippen LogP contribution is 2.36. The van der Waals surface area contributed by atoms with Gasteiger partial charge in [0.25, 0.3) is 0 Å². The zero-order valence-corrected chi connectivity index (χ0v) is 12.4. The minimum atomic E-state index is -0.439. The molecule has 2 aromatic rings. The molecule has 7 heteroatoms. The monoisotopic (exact) mass is 319 g/mol. The van der Waals surface area contributed by atoms with Gasteiger partial charge in [-0.2, -0.15) is 0 Å². The maximum Gasteiger partial charge on any atom is 0.311 e. The van der Waals surface area contributed by atoms with Gasteiger partial charge in [0, 0.05) is 22.8 Å². The van der Waals surface area contributed by atoms with Crippen molar-refractivity contribution in [3.8, 4) is 5.75 Å². The number of pyridine rings is 1. The number of ether oxygens (including phenoxy) is 1. The lowest BCUT2D eigenvalue weighted by Gasteiger charge is -2.19. The second-order valence-corrected chi connectivity index (χ2v) is 5.43. The number of benzene rings is 1. The Labute approximate surface area is 132 Å². The number of nitrogens with one attached hydrogen (secondary N) is 1. The number of nitro groups is 1. The van der Waals surface area contributed by atoms with Crippen molar-refractivity contribution in [1.82, 2.24) is 4.98 Å². The molecule has 0 saturated heterocycles. The third-order valence-electron chi connectivity index (χ3n) is 3.54. The summed E-state index contributed by atoms with van der Waals surface area (Å²) >= 11 is 6.00. The average molecular weight is 320 g/mol. The van der Waals surface area contributed by atoms with Crippen molar-refractivity contribution in [2.45, 2.75) is 18.9 Å². The Morgan fingerprint density at radius 3 is 3.09 bits per heavy atom. The lowest BCUT2D eigenvalue weighted by molar-refractivity contribution is -0.384. The van der Waals surface area contributed by atoms with E-state index < -0.39 is 4.92 Å². The highest BCUT2D eigenvalue weighted by atomic mass is 35.5. The second-order valence-electron chi connectivity index (χ2n) is 5.00. The van der Waals surface area contributed by atoms with Crippen molar-refractivity contribution in [2.75, 3.05) is 11.9 Å². The number of fused-ring (bicyclic) bond motifs is 1. The first-order valence-electron chi connectivity index (χ1n) is 6.93. The SMILES string of the molecule is O=[N+]([O-])c1cccnc1NC1CCCOc2cc(Cl)ccc21. The number of nitrogens with zero attached hydrogens (tertiary/aromatic N) is 2. The average Bonchev–Trinajstić information content (AvgIpc) is 2.69. The summed E-state index contributed by atoms with van der Waals surface area (Å²) < 4.78 is 5.70. The Morgan fingerprint density at radius 1 is 1.41 bits per heavy atom. The van der Waals surface area contributed by atoms with E-state index in [2.05, 4.69) is 10.3 Å². The predicted octanol–water partition coefficient (Wildman–Crippen LogP) is 3.97. The van der Waals surface area contributed by atoms with Crippen LogP contribution in [0.3, 0.4) is 0 Å². The summed E-state index contributed by atoms with van der Waals surface area (Å²) in [6.45, 7) is 0.593. The van der Waals surface area contributed by atoms with Crippen LogP contribution in [0.2, 0.25) is 5.02 Å². The summed E-state index contributed by atoms with van der Waals surface area (Å²) in [5.74, 6) is 0.974. The molecule has 0 aliphatic carbocycles. The van der Waals surface area contributed by atoms with Crippen LogP contribution in [0, 0.1) is 10.1 Å². The molecule has 0 fully saturated rings. The molecule has 0 bridgehead atoms. The predicted molar refractivity (Wildman–Crippen MR) is 83.4 cm³/mol. The lowest BCUT2D eigenvalue weighted by Crippen LogP contribution is -2.12. The molecule has 6 nitrogen and oxygen atoms in total. The topological polar surface area (TPSA) is 77.3 Å². The first kappa shape index (κ1) is 14.6. The molecule has 0 spiro atoms. The molecule has 114 valence electrons. The van der Waals surface area contributed by atoms with Gasteiger partial charge >= 0.3 is 5.69 Å². The molecule has 1 N–H and O–H groups in total. The second kappa shape index (κ2) is 6.19. The molecule has 0 radical (unpaired) electrons. The minimum absolute atomic E-state index is 0.0387. The minimum Gasteiger partial charge on any atom is -0.493 e. The molecular formula is C15H14ClN3O3. The fourth-order valence-electron chi connectivity index (χ4n) is 2.52. The third kappa shape index (κ3) is 2.96. The maximum atomic E-state index is 11.1. The van der Waals surface area contributed by atoms with E-state index in [-0.39, 0.29) is 17.5 Å². The molecule has 1 aromatic heterocycles.